The number of ether oxygens (including phenoxy) is 2. The molecule has 2 amide bonds. The number of nitrogens with one attached hydrogen (secondary N) is 1. The highest BCUT2D eigenvalue weighted by atomic mass is 31.2. The van der Waals surface area contributed by atoms with Gasteiger partial charge in [-0.05, 0) is 12.8 Å². The van der Waals surface area contributed by atoms with Crippen LogP contribution in [0.1, 0.15) is 12.8 Å². The molecule has 1 aromatic carbocycles. The number of amides is 2. The molecule has 5 rings (SSSR count). The van der Waals surface area contributed by atoms with Gasteiger partial charge in [0.2, 0.25) is 0 Å². The maximum atomic E-state index is 15.1. The molecule has 3 saturated heterocycles. The first-order valence-corrected chi connectivity index (χ1v) is 13.5. The molecule has 0 aromatic heterocycles. The molecule has 11 nitrogen and oxygen atoms in total. The van der Waals surface area contributed by atoms with Crippen molar-refractivity contribution in [2.45, 2.75) is 18.9 Å². The van der Waals surface area contributed by atoms with Crippen LogP contribution in [0.4, 0.5) is 29.7 Å². The largest absolute Gasteiger partial charge is 0.453 e. The molecule has 1 spiro atoms. The molecule has 202 valence electrons. The molecule has 1 aromatic rings. The molecule has 0 unspecified atom stereocenters. The van der Waals surface area contributed by atoms with Crippen LogP contribution in [0.3, 0.4) is 0 Å². The van der Waals surface area contributed by atoms with Gasteiger partial charge in [-0.25, -0.2) is 27.6 Å². The standard InChI is InChI=1S/C23H29F2N4O7P/c1-33-21(30)26-12-17-13-29(22(31)36-17)16-10-18(24)20(19(25)11-16)27-6-8-28(9-7-27)37(32)34-14-23(15-35-37)4-2-3-5-23/h2-3,10-11,17H,4-9,12-15H2,1H3,(H,26,30)/t17-/m0/s1. The summed E-state index contributed by atoms with van der Waals surface area (Å²) in [6, 6.07) is 2.15. The van der Waals surface area contributed by atoms with Gasteiger partial charge in [0.05, 0.1) is 39.1 Å². The van der Waals surface area contributed by atoms with Gasteiger partial charge < -0.3 is 19.7 Å². The quantitative estimate of drug-likeness (QED) is 0.443. The van der Waals surface area contributed by atoms with Crippen LogP contribution in [0.15, 0.2) is 24.3 Å². The Morgan fingerprint density at radius 2 is 1.76 bits per heavy atom. The number of hydrogen-bond acceptors (Lipinski definition) is 8. The van der Waals surface area contributed by atoms with Crippen molar-refractivity contribution in [2.75, 3.05) is 69.4 Å². The fraction of sp³-hybridized carbons (Fsp3) is 0.565. The zero-order valence-corrected chi connectivity index (χ0v) is 21.3. The lowest BCUT2D eigenvalue weighted by atomic mass is 9.88. The van der Waals surface area contributed by atoms with Gasteiger partial charge in [0.15, 0.2) is 11.6 Å². The first kappa shape index (κ1) is 25.9. The zero-order chi connectivity index (χ0) is 26.2. The van der Waals surface area contributed by atoms with Gasteiger partial charge in [-0.2, -0.15) is 0 Å². The van der Waals surface area contributed by atoms with Crippen LogP contribution >= 0.6 is 7.75 Å². The topological polar surface area (TPSA) is 110 Å². The van der Waals surface area contributed by atoms with E-state index in [0.717, 1.165) is 29.9 Å². The van der Waals surface area contributed by atoms with E-state index in [4.69, 9.17) is 13.8 Å². The number of piperazine rings is 1. The zero-order valence-electron chi connectivity index (χ0n) is 20.4. The fourth-order valence-electron chi connectivity index (χ4n) is 4.95. The second-order valence-corrected chi connectivity index (χ2v) is 11.6. The molecule has 4 aliphatic rings. The van der Waals surface area contributed by atoms with E-state index in [0.29, 0.717) is 13.2 Å². The number of allylic oxidation sites excluding steroid dienone is 2. The number of benzene rings is 1. The minimum atomic E-state index is -3.46. The Bertz CT molecular complexity index is 1100. The molecule has 37 heavy (non-hydrogen) atoms. The molecule has 0 bridgehead atoms. The second kappa shape index (κ2) is 10.2. The second-order valence-electron chi connectivity index (χ2n) is 9.58. The lowest BCUT2D eigenvalue weighted by molar-refractivity contribution is 0.00649. The molecule has 1 aliphatic carbocycles. The van der Waals surface area contributed by atoms with Gasteiger partial charge in [-0.3, -0.25) is 13.9 Å². The molecule has 0 saturated carbocycles. The van der Waals surface area contributed by atoms with Crippen molar-refractivity contribution < 1.29 is 41.5 Å². The summed E-state index contributed by atoms with van der Waals surface area (Å²) in [6.45, 7) is 1.62. The van der Waals surface area contributed by atoms with Crippen molar-refractivity contribution in [3.63, 3.8) is 0 Å². The SMILES string of the molecule is COC(=O)NC[C@H]1CN(c2cc(F)c(N3CCN(P4(=O)OCC5(CC=CC5)CO4)CC3)c(F)c2)C(=O)O1. The van der Waals surface area contributed by atoms with Crippen LogP contribution < -0.4 is 15.1 Å². The summed E-state index contributed by atoms with van der Waals surface area (Å²) in [7, 11) is -2.25. The number of alkyl carbamates (subject to hydrolysis) is 1. The Labute approximate surface area is 212 Å². The molecule has 0 radical (unpaired) electrons. The van der Waals surface area contributed by atoms with Gasteiger partial charge in [0, 0.05) is 43.7 Å². The Morgan fingerprint density at radius 3 is 2.35 bits per heavy atom. The molecular formula is C23H29F2N4O7P. The maximum Gasteiger partial charge on any atom is 0.414 e. The number of anilines is 2. The molecule has 3 heterocycles. The third-order valence-corrected chi connectivity index (χ3v) is 9.11. The first-order chi connectivity index (χ1) is 17.7. The highest BCUT2D eigenvalue weighted by molar-refractivity contribution is 7.51. The monoisotopic (exact) mass is 542 g/mol. The summed E-state index contributed by atoms with van der Waals surface area (Å²) in [5, 5.41) is 2.42. The average molecular weight is 542 g/mol. The Kier molecular flexibility index (Phi) is 7.14. The smallest absolute Gasteiger partial charge is 0.414 e. The van der Waals surface area contributed by atoms with E-state index in [9.17, 15) is 14.2 Å². The van der Waals surface area contributed by atoms with Gasteiger partial charge in [-0.15, -0.1) is 0 Å². The lowest BCUT2D eigenvalue weighted by Crippen LogP contribution is -2.47. The number of cyclic esters (lactones) is 1. The van der Waals surface area contributed by atoms with Crippen LogP contribution in [0.25, 0.3) is 0 Å². The third-order valence-electron chi connectivity index (χ3n) is 7.10. The Balaban J connectivity index is 1.20. The summed E-state index contributed by atoms with van der Waals surface area (Å²) in [6.07, 6.45) is 3.65. The number of hydrogen-bond donors (Lipinski definition) is 1. The van der Waals surface area contributed by atoms with E-state index in [1.165, 1.54) is 12.0 Å². The van der Waals surface area contributed by atoms with Crippen LogP contribution in [0, 0.1) is 17.0 Å². The van der Waals surface area contributed by atoms with Crippen molar-refractivity contribution >= 4 is 31.3 Å². The van der Waals surface area contributed by atoms with E-state index >= 15 is 8.78 Å². The lowest BCUT2D eigenvalue weighted by Gasteiger charge is -2.43. The van der Waals surface area contributed by atoms with Crippen molar-refractivity contribution in [1.29, 1.82) is 0 Å². The maximum absolute atomic E-state index is 15.1. The molecule has 1 N–H and O–H groups in total. The average Bonchev–Trinajstić information content (AvgIpc) is 3.51. The van der Waals surface area contributed by atoms with E-state index in [1.54, 1.807) is 4.67 Å². The van der Waals surface area contributed by atoms with Crippen molar-refractivity contribution in [1.82, 2.24) is 9.99 Å². The minimum Gasteiger partial charge on any atom is -0.453 e. The molecular weight excluding hydrogens is 513 g/mol. The number of carbonyl (C=O) groups excluding carboxylic acids is 2. The van der Waals surface area contributed by atoms with Gasteiger partial charge in [0.25, 0.3) is 0 Å². The molecule has 3 aliphatic heterocycles. The number of methoxy groups -OCH3 is 1. The Hall–Kier alpha value is -2.73. The van der Waals surface area contributed by atoms with E-state index < -0.39 is 37.7 Å². The summed E-state index contributed by atoms with van der Waals surface area (Å²) < 4.78 is 66.2. The molecule has 1 atom stereocenters. The van der Waals surface area contributed by atoms with Gasteiger partial charge in [0.1, 0.15) is 11.8 Å². The number of halogens is 2. The molecule has 14 heteroatoms. The van der Waals surface area contributed by atoms with Crippen molar-refractivity contribution in [2.24, 2.45) is 5.41 Å². The normalized spacial score (nSPS) is 24.9. The summed E-state index contributed by atoms with van der Waals surface area (Å²) in [5.74, 6) is -1.67. The van der Waals surface area contributed by atoms with Crippen LogP contribution in [-0.2, 0) is 23.1 Å². The van der Waals surface area contributed by atoms with Crippen LogP contribution in [0.2, 0.25) is 0 Å². The number of nitrogens with zero attached hydrogens (tertiary/aromatic N) is 3. The van der Waals surface area contributed by atoms with Gasteiger partial charge >= 0.3 is 19.9 Å². The highest BCUT2D eigenvalue weighted by Crippen LogP contribution is 2.58. The summed E-state index contributed by atoms with van der Waals surface area (Å²) in [5.41, 5.74) is -0.366. The predicted octanol–water partition coefficient (Wildman–Crippen LogP) is 3.26. The van der Waals surface area contributed by atoms with Gasteiger partial charge in [-0.1, -0.05) is 12.2 Å². The van der Waals surface area contributed by atoms with Crippen LogP contribution in [-0.4, -0.2) is 82.6 Å². The summed E-state index contributed by atoms with van der Waals surface area (Å²) >= 11 is 0. The number of rotatable bonds is 5. The van der Waals surface area contributed by atoms with Crippen LogP contribution in [0.5, 0.6) is 0 Å². The van der Waals surface area contributed by atoms with E-state index in [1.807, 2.05) is 0 Å². The number of carbonyl (C=O) groups is 2. The van der Waals surface area contributed by atoms with Crippen molar-refractivity contribution in [3.8, 4) is 0 Å². The van der Waals surface area contributed by atoms with Crippen molar-refractivity contribution in [3.05, 3.63) is 35.9 Å². The minimum absolute atomic E-state index is 0.00258. The predicted molar refractivity (Wildman–Crippen MR) is 128 cm³/mol. The van der Waals surface area contributed by atoms with E-state index in [-0.39, 0.29) is 56.1 Å². The fourth-order valence-corrected chi connectivity index (χ4v) is 6.89. The van der Waals surface area contributed by atoms with E-state index in [2.05, 4.69) is 22.2 Å². The highest BCUT2D eigenvalue weighted by Gasteiger charge is 2.46. The molecule has 3 fully saturated rings. The Morgan fingerprint density at radius 1 is 1.14 bits per heavy atom. The third kappa shape index (κ3) is 5.18. The first-order valence-electron chi connectivity index (χ1n) is 12.1. The summed E-state index contributed by atoms with van der Waals surface area (Å²) in [4.78, 5) is 26.1.